The second-order valence-corrected chi connectivity index (χ2v) is 6.49. The lowest BCUT2D eigenvalue weighted by atomic mass is 9.73. The average Bonchev–Trinajstić information content (AvgIpc) is 2.90. The molecule has 3 rings (SSSR count). The Labute approximate surface area is 132 Å². The van der Waals surface area contributed by atoms with Crippen molar-refractivity contribution in [1.82, 2.24) is 15.0 Å². The number of imidazole rings is 1. The van der Waals surface area contributed by atoms with Gasteiger partial charge in [-0.15, -0.1) is 0 Å². The zero-order chi connectivity index (χ0) is 15.7. The molecule has 2 N–H and O–H groups in total. The topological polar surface area (TPSA) is 61.8 Å². The summed E-state index contributed by atoms with van der Waals surface area (Å²) in [5, 5.41) is 10.7. The predicted octanol–water partition coefficient (Wildman–Crippen LogP) is 3.08. The van der Waals surface area contributed by atoms with Crippen molar-refractivity contribution in [1.29, 1.82) is 0 Å². The highest BCUT2D eigenvalue weighted by Gasteiger charge is 2.35. The average molecular weight is 299 g/mol. The van der Waals surface area contributed by atoms with Crippen molar-refractivity contribution in [2.24, 2.45) is 5.92 Å². The van der Waals surface area contributed by atoms with Crippen LogP contribution in [0.1, 0.15) is 54.0 Å². The van der Waals surface area contributed by atoms with E-state index in [0.717, 1.165) is 36.3 Å². The highest BCUT2D eigenvalue weighted by atomic mass is 16.3. The summed E-state index contributed by atoms with van der Waals surface area (Å²) in [6.45, 7) is 6.25. The number of hydrogen-bond donors (Lipinski definition) is 2. The van der Waals surface area contributed by atoms with E-state index in [1.54, 1.807) is 6.33 Å². The molecule has 2 unspecified atom stereocenters. The smallest absolute Gasteiger partial charge is 0.0925 e. The third-order valence-electron chi connectivity index (χ3n) is 4.92. The Morgan fingerprint density at radius 3 is 2.82 bits per heavy atom. The summed E-state index contributed by atoms with van der Waals surface area (Å²) < 4.78 is 0. The molecule has 1 aliphatic rings. The first kappa shape index (κ1) is 15.2. The molecule has 0 radical (unpaired) electrons. The van der Waals surface area contributed by atoms with E-state index in [1.807, 2.05) is 13.8 Å². The van der Waals surface area contributed by atoms with E-state index in [2.05, 4.69) is 34.0 Å². The zero-order valence-electron chi connectivity index (χ0n) is 13.6. The van der Waals surface area contributed by atoms with Gasteiger partial charge in [-0.2, -0.15) is 0 Å². The van der Waals surface area contributed by atoms with Gasteiger partial charge in [-0.05, 0) is 44.2 Å². The van der Waals surface area contributed by atoms with E-state index in [4.69, 9.17) is 0 Å². The fourth-order valence-corrected chi connectivity index (χ4v) is 3.78. The number of nitrogens with zero attached hydrogens (tertiary/aromatic N) is 2. The summed E-state index contributed by atoms with van der Waals surface area (Å²) in [6.07, 6.45) is 5.16. The Kier molecular flexibility index (Phi) is 4.30. The van der Waals surface area contributed by atoms with E-state index in [-0.39, 0.29) is 12.0 Å². The van der Waals surface area contributed by atoms with Crippen LogP contribution in [0.5, 0.6) is 0 Å². The van der Waals surface area contributed by atoms with Crippen molar-refractivity contribution in [2.75, 3.05) is 0 Å². The molecule has 0 saturated heterocycles. The highest BCUT2D eigenvalue weighted by molar-refractivity contribution is 5.29. The van der Waals surface area contributed by atoms with Gasteiger partial charge in [0.1, 0.15) is 0 Å². The fourth-order valence-electron chi connectivity index (χ4n) is 3.78. The minimum Gasteiger partial charge on any atom is -0.392 e. The lowest BCUT2D eigenvalue weighted by Crippen LogP contribution is -2.35. The number of hydrogen-bond acceptors (Lipinski definition) is 3. The Bertz CT molecular complexity index is 650. The largest absolute Gasteiger partial charge is 0.392 e. The van der Waals surface area contributed by atoms with Crippen LogP contribution in [-0.4, -0.2) is 26.2 Å². The van der Waals surface area contributed by atoms with Crippen molar-refractivity contribution in [3.63, 3.8) is 0 Å². The summed E-state index contributed by atoms with van der Waals surface area (Å²) in [5.74, 6) is 0.563. The van der Waals surface area contributed by atoms with Gasteiger partial charge < -0.3 is 10.1 Å². The first-order valence-electron chi connectivity index (χ1n) is 8.23. The van der Waals surface area contributed by atoms with Crippen LogP contribution in [0, 0.1) is 19.8 Å². The lowest BCUT2D eigenvalue weighted by Gasteiger charge is -2.35. The normalized spacial score (nSPS) is 22.4. The third kappa shape index (κ3) is 2.80. The number of rotatable bonds is 4. The molecule has 2 aromatic heterocycles. The van der Waals surface area contributed by atoms with Crippen molar-refractivity contribution in [3.8, 4) is 0 Å². The van der Waals surface area contributed by atoms with E-state index in [9.17, 15) is 5.11 Å². The van der Waals surface area contributed by atoms with Gasteiger partial charge in [0.2, 0.25) is 0 Å². The van der Waals surface area contributed by atoms with Crippen LogP contribution < -0.4 is 0 Å². The molecule has 4 nitrogen and oxygen atoms in total. The van der Waals surface area contributed by atoms with Gasteiger partial charge in [0.05, 0.1) is 18.1 Å². The van der Waals surface area contributed by atoms with Gasteiger partial charge in [-0.1, -0.05) is 19.4 Å². The molecule has 0 aliphatic heterocycles. The Hall–Kier alpha value is -1.68. The van der Waals surface area contributed by atoms with Crippen LogP contribution in [0.3, 0.4) is 0 Å². The quantitative estimate of drug-likeness (QED) is 0.912. The molecule has 0 spiro atoms. The standard InChI is InChI=1S/C18H25N3O/c1-4-5-14(18-12(3)19-10-20-18)15-8-13-7-6-11(2)21-16(13)9-17(15)22/h6-7,10,14-15,17,22H,4-5,8-9H2,1-3H3,(H,19,20)/t14-,15?,17?/m0/s1. The minimum atomic E-state index is -0.332. The van der Waals surface area contributed by atoms with E-state index >= 15 is 0 Å². The number of aromatic amines is 1. The molecule has 2 heterocycles. The van der Waals surface area contributed by atoms with E-state index < -0.39 is 0 Å². The molecule has 0 fully saturated rings. The molecule has 0 bridgehead atoms. The Balaban J connectivity index is 1.92. The summed E-state index contributed by atoms with van der Waals surface area (Å²) in [4.78, 5) is 12.3. The highest BCUT2D eigenvalue weighted by Crippen LogP contribution is 2.38. The van der Waals surface area contributed by atoms with Crippen LogP contribution in [0.25, 0.3) is 0 Å². The molecule has 1 aliphatic carbocycles. The number of aliphatic hydroxyl groups is 1. The molecule has 3 atom stereocenters. The SMILES string of the molecule is CCC[C@H](c1[nH]cnc1C)C1Cc2ccc(C)nc2CC1O. The van der Waals surface area contributed by atoms with Crippen LogP contribution in [0.15, 0.2) is 18.5 Å². The van der Waals surface area contributed by atoms with Gasteiger partial charge in [-0.3, -0.25) is 4.98 Å². The number of aryl methyl sites for hydroxylation is 2. The zero-order valence-corrected chi connectivity index (χ0v) is 13.6. The number of nitrogens with one attached hydrogen (secondary N) is 1. The summed E-state index contributed by atoms with van der Waals surface area (Å²) in [7, 11) is 0. The first-order chi connectivity index (χ1) is 10.6. The summed E-state index contributed by atoms with van der Waals surface area (Å²) >= 11 is 0. The molecule has 2 aromatic rings. The molecule has 22 heavy (non-hydrogen) atoms. The van der Waals surface area contributed by atoms with Gasteiger partial charge in [0, 0.05) is 29.4 Å². The van der Waals surface area contributed by atoms with Crippen molar-refractivity contribution < 1.29 is 5.11 Å². The lowest BCUT2D eigenvalue weighted by molar-refractivity contribution is 0.0789. The molecular formula is C18H25N3O. The van der Waals surface area contributed by atoms with Gasteiger partial charge in [-0.25, -0.2) is 4.98 Å². The second kappa shape index (κ2) is 6.21. The molecule has 0 saturated carbocycles. The summed E-state index contributed by atoms with van der Waals surface area (Å²) in [6, 6.07) is 4.25. The molecule has 0 amide bonds. The van der Waals surface area contributed by atoms with Crippen LogP contribution in [0.4, 0.5) is 0 Å². The maximum absolute atomic E-state index is 10.7. The van der Waals surface area contributed by atoms with E-state index in [0.29, 0.717) is 12.3 Å². The number of H-pyrrole nitrogens is 1. The first-order valence-corrected chi connectivity index (χ1v) is 8.23. The van der Waals surface area contributed by atoms with Crippen molar-refractivity contribution in [3.05, 3.63) is 46.8 Å². The van der Waals surface area contributed by atoms with Crippen LogP contribution in [0.2, 0.25) is 0 Å². The number of pyridine rings is 1. The van der Waals surface area contributed by atoms with Crippen LogP contribution >= 0.6 is 0 Å². The Morgan fingerprint density at radius 2 is 2.14 bits per heavy atom. The summed E-state index contributed by atoms with van der Waals surface area (Å²) in [5.41, 5.74) is 5.63. The van der Waals surface area contributed by atoms with E-state index in [1.165, 1.54) is 11.3 Å². The van der Waals surface area contributed by atoms with Gasteiger partial charge >= 0.3 is 0 Å². The van der Waals surface area contributed by atoms with Crippen molar-refractivity contribution in [2.45, 2.75) is 58.5 Å². The predicted molar refractivity (Wildman–Crippen MR) is 86.9 cm³/mol. The van der Waals surface area contributed by atoms with Crippen molar-refractivity contribution >= 4 is 0 Å². The molecule has 4 heteroatoms. The molecule has 0 aromatic carbocycles. The Morgan fingerprint density at radius 1 is 1.32 bits per heavy atom. The van der Waals surface area contributed by atoms with Gasteiger partial charge in [0.25, 0.3) is 0 Å². The number of fused-ring (bicyclic) bond motifs is 1. The monoisotopic (exact) mass is 299 g/mol. The van der Waals surface area contributed by atoms with Gasteiger partial charge in [0.15, 0.2) is 0 Å². The maximum Gasteiger partial charge on any atom is 0.0925 e. The molecule has 118 valence electrons. The fraction of sp³-hybridized carbons (Fsp3) is 0.556. The second-order valence-electron chi connectivity index (χ2n) is 6.49. The number of aromatic nitrogens is 3. The van der Waals surface area contributed by atoms with Crippen LogP contribution in [-0.2, 0) is 12.8 Å². The maximum atomic E-state index is 10.7. The minimum absolute atomic E-state index is 0.233. The number of aliphatic hydroxyl groups excluding tert-OH is 1. The molecular weight excluding hydrogens is 274 g/mol. The third-order valence-corrected chi connectivity index (χ3v) is 4.92.